The first-order chi connectivity index (χ1) is 13.9. The zero-order chi connectivity index (χ0) is 21.3. The van der Waals surface area contributed by atoms with E-state index in [2.05, 4.69) is 28.6 Å². The number of carbonyl (C=O) groups excluding carboxylic acids is 1. The first kappa shape index (κ1) is 25.8. The summed E-state index contributed by atoms with van der Waals surface area (Å²) in [6.45, 7) is 5.32. The van der Waals surface area contributed by atoms with Gasteiger partial charge in [0.05, 0.1) is 22.6 Å². The molecule has 1 aromatic carbocycles. The van der Waals surface area contributed by atoms with Crippen LogP contribution in [0.1, 0.15) is 26.7 Å². The van der Waals surface area contributed by atoms with Crippen LogP contribution in [-0.2, 0) is 14.6 Å². The number of amides is 1. The Hall–Kier alpha value is -2.23. The molecular formula is C21H27ClN2O5S. The number of hydrogen-bond donors (Lipinski definition) is 2. The van der Waals surface area contributed by atoms with E-state index in [1.54, 1.807) is 31.5 Å². The van der Waals surface area contributed by atoms with Gasteiger partial charge >= 0.3 is 0 Å². The molecule has 0 bridgehead atoms. The summed E-state index contributed by atoms with van der Waals surface area (Å²) in [5.41, 5.74) is 0.478. The number of hydroxylamine groups is 1. The maximum atomic E-state index is 13.0. The SMILES string of the molecule is CC#CCOc1ccc(S(=O)(=O)CC2(C(=O)NO)CCN(CC#CC)CC2)cc1.Cl. The van der Waals surface area contributed by atoms with Crippen molar-refractivity contribution in [3.63, 3.8) is 0 Å². The van der Waals surface area contributed by atoms with Gasteiger partial charge in [-0.05, 0) is 51.0 Å². The van der Waals surface area contributed by atoms with Crippen molar-refractivity contribution in [3.8, 4) is 29.4 Å². The fraction of sp³-hybridized carbons (Fsp3) is 0.476. The second-order valence-electron chi connectivity index (χ2n) is 6.87. The van der Waals surface area contributed by atoms with Crippen LogP contribution in [0.25, 0.3) is 0 Å². The van der Waals surface area contributed by atoms with Crippen LogP contribution < -0.4 is 10.2 Å². The molecule has 0 unspecified atom stereocenters. The summed E-state index contributed by atoms with van der Waals surface area (Å²) in [6, 6.07) is 6.05. The first-order valence-corrected chi connectivity index (χ1v) is 10.9. The Bertz CT molecular complexity index is 932. The lowest BCUT2D eigenvalue weighted by atomic mass is 9.79. The Labute approximate surface area is 184 Å². The Kier molecular flexibility index (Phi) is 10.2. The molecule has 1 aliphatic rings. The predicted molar refractivity (Wildman–Crippen MR) is 116 cm³/mol. The fourth-order valence-corrected chi connectivity index (χ4v) is 5.13. The number of nitrogens with zero attached hydrogens (tertiary/aromatic N) is 1. The summed E-state index contributed by atoms with van der Waals surface area (Å²) in [5.74, 6) is 10.8. The van der Waals surface area contributed by atoms with E-state index in [4.69, 9.17) is 4.74 Å². The Morgan fingerprint density at radius 2 is 1.77 bits per heavy atom. The van der Waals surface area contributed by atoms with E-state index in [9.17, 15) is 18.4 Å². The van der Waals surface area contributed by atoms with Crippen molar-refractivity contribution in [3.05, 3.63) is 24.3 Å². The smallest absolute Gasteiger partial charge is 0.250 e. The molecule has 0 radical (unpaired) electrons. The lowest BCUT2D eigenvalue weighted by Crippen LogP contribution is -2.51. The maximum absolute atomic E-state index is 13.0. The molecule has 2 N–H and O–H groups in total. The third-order valence-corrected chi connectivity index (χ3v) is 6.94. The minimum atomic E-state index is -3.75. The highest BCUT2D eigenvalue weighted by Crippen LogP contribution is 2.35. The Morgan fingerprint density at radius 3 is 2.30 bits per heavy atom. The number of hydrogen-bond acceptors (Lipinski definition) is 6. The molecule has 0 atom stereocenters. The van der Waals surface area contributed by atoms with Crippen molar-refractivity contribution in [1.29, 1.82) is 0 Å². The summed E-state index contributed by atoms with van der Waals surface area (Å²) in [6.07, 6.45) is 0.641. The molecule has 1 amide bonds. The molecule has 1 fully saturated rings. The van der Waals surface area contributed by atoms with Gasteiger partial charge < -0.3 is 4.74 Å². The molecule has 1 aliphatic heterocycles. The molecule has 7 nitrogen and oxygen atoms in total. The average molecular weight is 455 g/mol. The van der Waals surface area contributed by atoms with Gasteiger partial charge in [-0.25, -0.2) is 13.9 Å². The van der Waals surface area contributed by atoms with Crippen LogP contribution in [0.5, 0.6) is 5.75 Å². The Balaban J connectivity index is 0.00000450. The number of rotatable bonds is 7. The number of piperidine rings is 1. The molecule has 1 heterocycles. The molecule has 0 aliphatic carbocycles. The standard InChI is InChI=1S/C21H26N2O5S.ClH/c1-3-5-13-23-14-11-21(12-15-23,20(24)22-25)17-29(26,27)19-9-7-18(8-10-19)28-16-6-4-2;/h7-10,25H,11-17H2,1-2H3,(H,22,24);1H. The monoisotopic (exact) mass is 454 g/mol. The van der Waals surface area contributed by atoms with Crippen LogP contribution in [-0.4, -0.2) is 56.4 Å². The topological polar surface area (TPSA) is 95.9 Å². The molecular weight excluding hydrogens is 428 g/mol. The summed E-state index contributed by atoms with van der Waals surface area (Å²) in [4.78, 5) is 14.6. The van der Waals surface area contributed by atoms with Gasteiger partial charge in [0, 0.05) is 13.1 Å². The van der Waals surface area contributed by atoms with Crippen molar-refractivity contribution in [2.24, 2.45) is 5.41 Å². The van der Waals surface area contributed by atoms with Gasteiger partial charge in [-0.3, -0.25) is 14.9 Å². The minimum absolute atomic E-state index is 0. The van der Waals surface area contributed by atoms with Crippen LogP contribution in [0.2, 0.25) is 0 Å². The maximum Gasteiger partial charge on any atom is 0.250 e. The second-order valence-corrected chi connectivity index (χ2v) is 8.86. The second kappa shape index (κ2) is 11.8. The first-order valence-electron chi connectivity index (χ1n) is 9.28. The van der Waals surface area contributed by atoms with Crippen molar-refractivity contribution in [1.82, 2.24) is 10.4 Å². The number of benzene rings is 1. The molecule has 164 valence electrons. The number of ether oxygens (including phenoxy) is 1. The molecule has 1 aromatic rings. The average Bonchev–Trinajstić information content (AvgIpc) is 2.73. The van der Waals surface area contributed by atoms with Gasteiger partial charge in [-0.15, -0.1) is 24.2 Å². The van der Waals surface area contributed by atoms with Crippen molar-refractivity contribution < 1.29 is 23.2 Å². The van der Waals surface area contributed by atoms with Crippen LogP contribution in [0.3, 0.4) is 0 Å². The van der Waals surface area contributed by atoms with Crippen molar-refractivity contribution in [2.45, 2.75) is 31.6 Å². The zero-order valence-electron chi connectivity index (χ0n) is 17.1. The largest absolute Gasteiger partial charge is 0.481 e. The quantitative estimate of drug-likeness (QED) is 0.371. The van der Waals surface area contributed by atoms with Crippen LogP contribution >= 0.6 is 12.4 Å². The highest BCUT2D eigenvalue weighted by Gasteiger charge is 2.45. The van der Waals surface area contributed by atoms with Gasteiger partial charge in [0.1, 0.15) is 12.4 Å². The highest BCUT2D eigenvalue weighted by atomic mass is 35.5. The van der Waals surface area contributed by atoms with E-state index >= 15 is 0 Å². The van der Waals surface area contributed by atoms with E-state index in [-0.39, 0.29) is 29.7 Å². The molecule has 0 aromatic heterocycles. The van der Waals surface area contributed by atoms with Gasteiger partial charge in [0.15, 0.2) is 9.84 Å². The van der Waals surface area contributed by atoms with E-state index in [1.807, 2.05) is 0 Å². The fourth-order valence-electron chi connectivity index (χ4n) is 3.27. The molecule has 30 heavy (non-hydrogen) atoms. The zero-order valence-corrected chi connectivity index (χ0v) is 18.7. The molecule has 1 saturated heterocycles. The van der Waals surface area contributed by atoms with Crippen LogP contribution in [0, 0.1) is 29.1 Å². The van der Waals surface area contributed by atoms with Gasteiger partial charge in [-0.1, -0.05) is 11.8 Å². The third-order valence-electron chi connectivity index (χ3n) is 5.01. The third kappa shape index (κ3) is 6.65. The predicted octanol–water partition coefficient (Wildman–Crippen LogP) is 1.90. The van der Waals surface area contributed by atoms with E-state index < -0.39 is 21.2 Å². The number of likely N-dealkylation sites (tertiary alicyclic amines) is 1. The lowest BCUT2D eigenvalue weighted by Gasteiger charge is -2.39. The van der Waals surface area contributed by atoms with E-state index in [0.717, 1.165) is 0 Å². The summed E-state index contributed by atoms with van der Waals surface area (Å²) in [7, 11) is -3.75. The molecule has 0 spiro atoms. The normalized spacial score (nSPS) is 15.4. The Morgan fingerprint density at radius 1 is 1.17 bits per heavy atom. The van der Waals surface area contributed by atoms with Gasteiger partial charge in [0.2, 0.25) is 0 Å². The highest BCUT2D eigenvalue weighted by molar-refractivity contribution is 7.91. The summed E-state index contributed by atoms with van der Waals surface area (Å²) < 4.78 is 31.4. The van der Waals surface area contributed by atoms with E-state index in [0.29, 0.717) is 38.2 Å². The van der Waals surface area contributed by atoms with Crippen LogP contribution in [0.4, 0.5) is 0 Å². The van der Waals surface area contributed by atoms with Crippen molar-refractivity contribution >= 4 is 28.2 Å². The number of sulfone groups is 1. The number of nitrogens with one attached hydrogen (secondary N) is 1. The lowest BCUT2D eigenvalue weighted by molar-refractivity contribution is -0.141. The molecule has 2 rings (SSSR count). The minimum Gasteiger partial charge on any atom is -0.481 e. The van der Waals surface area contributed by atoms with Gasteiger partial charge in [0.25, 0.3) is 5.91 Å². The number of halogens is 1. The van der Waals surface area contributed by atoms with Crippen LogP contribution in [0.15, 0.2) is 29.2 Å². The van der Waals surface area contributed by atoms with Gasteiger partial charge in [-0.2, -0.15) is 0 Å². The molecule has 0 saturated carbocycles. The van der Waals surface area contributed by atoms with E-state index in [1.165, 1.54) is 12.1 Å². The summed E-state index contributed by atoms with van der Waals surface area (Å²) >= 11 is 0. The van der Waals surface area contributed by atoms with Crippen molar-refractivity contribution in [2.75, 3.05) is 32.0 Å². The number of carbonyl (C=O) groups is 1. The molecule has 9 heteroatoms. The summed E-state index contributed by atoms with van der Waals surface area (Å²) in [5, 5.41) is 9.21.